The lowest BCUT2D eigenvalue weighted by Gasteiger charge is -2.13. The number of rotatable bonds is 3. The van der Waals surface area contributed by atoms with E-state index in [1.54, 1.807) is 0 Å². The van der Waals surface area contributed by atoms with Gasteiger partial charge in [0, 0.05) is 14.1 Å². The van der Waals surface area contributed by atoms with Crippen LogP contribution in [-0.4, -0.2) is 32.7 Å². The van der Waals surface area contributed by atoms with Gasteiger partial charge in [-0.3, -0.25) is 4.79 Å². The van der Waals surface area contributed by atoms with E-state index in [1.807, 2.05) is 0 Å². The number of nitrogens with two attached hydrogens (primary N) is 1. The maximum atomic E-state index is 13.0. The highest BCUT2D eigenvalue weighted by Gasteiger charge is 2.24. The Morgan fingerprint density at radius 1 is 1.38 bits per heavy atom. The molecule has 0 heterocycles. The van der Waals surface area contributed by atoms with E-state index in [1.165, 1.54) is 14.1 Å². The average Bonchev–Trinajstić information content (AvgIpc) is 2.16. The molecule has 0 fully saturated rings. The van der Waals surface area contributed by atoms with Crippen LogP contribution in [-0.2, 0) is 10.0 Å². The quantitative estimate of drug-likeness (QED) is 0.825. The van der Waals surface area contributed by atoms with Crippen LogP contribution in [0.5, 0.6) is 0 Å². The van der Waals surface area contributed by atoms with E-state index < -0.39 is 26.6 Å². The van der Waals surface area contributed by atoms with Crippen LogP contribution >= 0.6 is 0 Å². The SMILES string of the molecule is CN(C)S(=O)(=O)c1cc(F)ccc1C(N)=O. The number of primary amides is 1. The molecule has 0 aliphatic rings. The monoisotopic (exact) mass is 246 g/mol. The van der Waals surface area contributed by atoms with Crippen molar-refractivity contribution in [3.63, 3.8) is 0 Å². The molecule has 16 heavy (non-hydrogen) atoms. The number of amides is 1. The van der Waals surface area contributed by atoms with Crippen molar-refractivity contribution in [3.8, 4) is 0 Å². The van der Waals surface area contributed by atoms with Crippen LogP contribution in [0.3, 0.4) is 0 Å². The Balaban J connectivity index is 3.54. The van der Waals surface area contributed by atoms with Crippen LogP contribution in [0.25, 0.3) is 0 Å². The molecule has 0 aliphatic heterocycles. The molecule has 88 valence electrons. The van der Waals surface area contributed by atoms with E-state index in [0.29, 0.717) is 0 Å². The standard InChI is InChI=1S/C9H11FN2O3S/c1-12(2)16(14,15)8-5-6(10)3-4-7(8)9(11)13/h3-5H,1-2H3,(H2,11,13). The minimum atomic E-state index is -3.88. The Labute approximate surface area is 92.7 Å². The number of carbonyl (C=O) groups is 1. The predicted molar refractivity (Wildman–Crippen MR) is 55.8 cm³/mol. The highest BCUT2D eigenvalue weighted by Crippen LogP contribution is 2.19. The number of nitrogens with zero attached hydrogens (tertiary/aromatic N) is 1. The molecule has 0 saturated carbocycles. The highest BCUT2D eigenvalue weighted by atomic mass is 32.2. The van der Waals surface area contributed by atoms with Gasteiger partial charge < -0.3 is 5.73 Å². The third-order valence-electron chi connectivity index (χ3n) is 1.97. The molecule has 0 atom stereocenters. The van der Waals surface area contributed by atoms with Gasteiger partial charge in [0.15, 0.2) is 0 Å². The number of halogens is 1. The molecule has 5 nitrogen and oxygen atoms in total. The summed E-state index contributed by atoms with van der Waals surface area (Å²) in [5.41, 5.74) is 4.79. The lowest BCUT2D eigenvalue weighted by atomic mass is 10.2. The molecule has 1 aromatic carbocycles. The van der Waals surface area contributed by atoms with Gasteiger partial charge in [0.05, 0.1) is 10.5 Å². The van der Waals surface area contributed by atoms with Crippen molar-refractivity contribution in [3.05, 3.63) is 29.6 Å². The Bertz CT molecular complexity index is 526. The van der Waals surface area contributed by atoms with Gasteiger partial charge in [-0.25, -0.2) is 17.1 Å². The fraction of sp³-hybridized carbons (Fsp3) is 0.222. The van der Waals surface area contributed by atoms with Gasteiger partial charge >= 0.3 is 0 Å². The Hall–Kier alpha value is -1.47. The molecule has 0 aromatic heterocycles. The molecule has 1 aromatic rings. The molecular weight excluding hydrogens is 235 g/mol. The van der Waals surface area contributed by atoms with Crippen molar-refractivity contribution in [2.75, 3.05) is 14.1 Å². The van der Waals surface area contributed by atoms with Gasteiger partial charge in [-0.05, 0) is 18.2 Å². The smallest absolute Gasteiger partial charge is 0.250 e. The molecule has 0 spiro atoms. The number of hydrogen-bond donors (Lipinski definition) is 1. The fourth-order valence-electron chi connectivity index (χ4n) is 1.11. The second kappa shape index (κ2) is 4.18. The normalized spacial score (nSPS) is 11.8. The van der Waals surface area contributed by atoms with Crippen LogP contribution in [0.4, 0.5) is 4.39 Å². The number of sulfonamides is 1. The molecule has 0 radical (unpaired) electrons. The third kappa shape index (κ3) is 2.20. The first-order valence-corrected chi connectivity index (χ1v) is 5.72. The molecule has 0 unspecified atom stereocenters. The molecule has 1 rings (SSSR count). The summed E-state index contributed by atoms with van der Waals surface area (Å²) in [5.74, 6) is -1.66. The maximum absolute atomic E-state index is 13.0. The van der Waals surface area contributed by atoms with E-state index in [0.717, 1.165) is 22.5 Å². The lowest BCUT2D eigenvalue weighted by Crippen LogP contribution is -2.26. The van der Waals surface area contributed by atoms with Crippen LogP contribution in [0.1, 0.15) is 10.4 Å². The first-order chi connectivity index (χ1) is 7.26. The molecule has 1 amide bonds. The van der Waals surface area contributed by atoms with Crippen LogP contribution in [0, 0.1) is 5.82 Å². The summed E-state index contributed by atoms with van der Waals surface area (Å²) >= 11 is 0. The van der Waals surface area contributed by atoms with Crippen molar-refractivity contribution in [1.29, 1.82) is 0 Å². The van der Waals surface area contributed by atoms with Crippen LogP contribution in [0.15, 0.2) is 23.1 Å². The maximum Gasteiger partial charge on any atom is 0.250 e. The van der Waals surface area contributed by atoms with Crippen LogP contribution < -0.4 is 5.73 Å². The van der Waals surface area contributed by atoms with Crippen molar-refractivity contribution >= 4 is 15.9 Å². The zero-order valence-electron chi connectivity index (χ0n) is 8.77. The zero-order valence-corrected chi connectivity index (χ0v) is 9.58. The predicted octanol–water partition coefficient (Wildman–Crippen LogP) is 0.175. The van der Waals surface area contributed by atoms with E-state index in [-0.39, 0.29) is 5.56 Å². The summed E-state index contributed by atoms with van der Waals surface area (Å²) in [6, 6.07) is 2.80. The Kier molecular flexibility index (Phi) is 3.30. The van der Waals surface area contributed by atoms with Gasteiger partial charge in [-0.1, -0.05) is 0 Å². The van der Waals surface area contributed by atoms with Gasteiger partial charge in [0.1, 0.15) is 5.82 Å². The summed E-state index contributed by atoms with van der Waals surface area (Å²) in [6.07, 6.45) is 0. The van der Waals surface area contributed by atoms with Crippen LogP contribution in [0.2, 0.25) is 0 Å². The average molecular weight is 246 g/mol. The van der Waals surface area contributed by atoms with Gasteiger partial charge in [-0.15, -0.1) is 0 Å². The molecule has 0 saturated heterocycles. The summed E-state index contributed by atoms with van der Waals surface area (Å²) < 4.78 is 37.4. The molecule has 2 N–H and O–H groups in total. The third-order valence-corrected chi connectivity index (χ3v) is 3.82. The van der Waals surface area contributed by atoms with Crippen molar-refractivity contribution in [2.45, 2.75) is 4.90 Å². The van der Waals surface area contributed by atoms with Crippen molar-refractivity contribution < 1.29 is 17.6 Å². The molecule has 7 heteroatoms. The first-order valence-electron chi connectivity index (χ1n) is 4.28. The molecule has 0 aliphatic carbocycles. The van der Waals surface area contributed by atoms with E-state index in [9.17, 15) is 17.6 Å². The number of hydrogen-bond acceptors (Lipinski definition) is 3. The summed E-state index contributed by atoms with van der Waals surface area (Å²) in [4.78, 5) is 10.6. The number of benzene rings is 1. The Morgan fingerprint density at radius 2 is 1.94 bits per heavy atom. The van der Waals surface area contributed by atoms with Gasteiger partial charge in [0.2, 0.25) is 15.9 Å². The summed E-state index contributed by atoms with van der Waals surface area (Å²) in [5, 5.41) is 0. The van der Waals surface area contributed by atoms with Gasteiger partial charge in [0.25, 0.3) is 0 Å². The summed E-state index contributed by atoms with van der Waals surface area (Å²) in [7, 11) is -1.32. The minimum absolute atomic E-state index is 0.227. The van der Waals surface area contributed by atoms with E-state index in [2.05, 4.69) is 0 Å². The van der Waals surface area contributed by atoms with E-state index in [4.69, 9.17) is 5.73 Å². The Morgan fingerprint density at radius 3 is 2.38 bits per heavy atom. The largest absolute Gasteiger partial charge is 0.366 e. The van der Waals surface area contributed by atoms with E-state index >= 15 is 0 Å². The topological polar surface area (TPSA) is 80.5 Å². The molecule has 0 bridgehead atoms. The lowest BCUT2D eigenvalue weighted by molar-refractivity contribution is 0.0997. The molecular formula is C9H11FN2O3S. The summed E-state index contributed by atoms with van der Waals surface area (Å²) in [6.45, 7) is 0. The van der Waals surface area contributed by atoms with Crippen molar-refractivity contribution in [1.82, 2.24) is 4.31 Å². The first kappa shape index (κ1) is 12.6. The zero-order chi connectivity index (χ0) is 12.5. The fourth-order valence-corrected chi connectivity index (χ4v) is 2.21. The van der Waals surface area contributed by atoms with Crippen molar-refractivity contribution in [2.24, 2.45) is 5.73 Å². The highest BCUT2D eigenvalue weighted by molar-refractivity contribution is 7.89. The van der Waals surface area contributed by atoms with Gasteiger partial charge in [-0.2, -0.15) is 0 Å². The second-order valence-electron chi connectivity index (χ2n) is 3.29. The number of carbonyl (C=O) groups excluding carboxylic acids is 1. The minimum Gasteiger partial charge on any atom is -0.366 e. The second-order valence-corrected chi connectivity index (χ2v) is 5.41.